The highest BCUT2D eigenvalue weighted by atomic mass is 19.1. The molecule has 0 aliphatic rings. The van der Waals surface area contributed by atoms with Gasteiger partial charge in [-0.1, -0.05) is 6.07 Å². The molecule has 150 valence electrons. The molecule has 8 heteroatoms. The maximum absolute atomic E-state index is 13.3. The van der Waals surface area contributed by atoms with E-state index in [0.717, 1.165) is 0 Å². The predicted molar refractivity (Wildman–Crippen MR) is 108 cm³/mol. The summed E-state index contributed by atoms with van der Waals surface area (Å²) in [5.41, 5.74) is 1.39. The number of anilines is 3. The molecule has 1 heterocycles. The average Bonchev–Trinajstić information content (AvgIpc) is 2.73. The minimum absolute atomic E-state index is 0.351. The molecule has 3 aromatic rings. The zero-order valence-electron chi connectivity index (χ0n) is 16.2. The number of pyridine rings is 1. The van der Waals surface area contributed by atoms with Crippen molar-refractivity contribution < 1.29 is 23.4 Å². The predicted octanol–water partition coefficient (Wildman–Crippen LogP) is 4.24. The van der Waals surface area contributed by atoms with E-state index >= 15 is 0 Å². The van der Waals surface area contributed by atoms with Crippen LogP contribution >= 0.6 is 0 Å². The van der Waals surface area contributed by atoms with Crippen LogP contribution in [0.1, 0.15) is 10.4 Å². The molecule has 2 N–H and O–H groups in total. The van der Waals surface area contributed by atoms with Gasteiger partial charge in [-0.25, -0.2) is 9.37 Å². The van der Waals surface area contributed by atoms with E-state index in [0.29, 0.717) is 40.0 Å². The van der Waals surface area contributed by atoms with Gasteiger partial charge in [-0.2, -0.15) is 0 Å². The summed E-state index contributed by atoms with van der Waals surface area (Å²) in [6.45, 7) is 0. The molecule has 7 nitrogen and oxygen atoms in total. The summed E-state index contributed by atoms with van der Waals surface area (Å²) in [5.74, 6) is 1.06. The van der Waals surface area contributed by atoms with Crippen molar-refractivity contribution in [2.24, 2.45) is 0 Å². The number of benzene rings is 2. The molecule has 1 aromatic heterocycles. The molecule has 0 unspecified atom stereocenters. The van der Waals surface area contributed by atoms with Crippen LogP contribution in [0.5, 0.6) is 17.2 Å². The zero-order chi connectivity index (χ0) is 20.8. The number of rotatable bonds is 7. The van der Waals surface area contributed by atoms with Crippen LogP contribution in [0, 0.1) is 5.82 Å². The van der Waals surface area contributed by atoms with Crippen molar-refractivity contribution in [2.75, 3.05) is 32.0 Å². The van der Waals surface area contributed by atoms with E-state index < -0.39 is 0 Å². The smallest absolute Gasteiger partial charge is 0.257 e. The van der Waals surface area contributed by atoms with Gasteiger partial charge in [-0.3, -0.25) is 4.79 Å². The Bertz CT molecular complexity index is 984. The quantitative estimate of drug-likeness (QED) is 0.621. The van der Waals surface area contributed by atoms with Gasteiger partial charge >= 0.3 is 0 Å². The van der Waals surface area contributed by atoms with Crippen LogP contribution in [0.4, 0.5) is 21.6 Å². The van der Waals surface area contributed by atoms with Crippen LogP contribution in [0.2, 0.25) is 0 Å². The van der Waals surface area contributed by atoms with Gasteiger partial charge < -0.3 is 24.8 Å². The lowest BCUT2D eigenvalue weighted by atomic mass is 10.2. The summed E-state index contributed by atoms with van der Waals surface area (Å²) < 4.78 is 29.1. The van der Waals surface area contributed by atoms with Crippen LogP contribution < -0.4 is 24.8 Å². The van der Waals surface area contributed by atoms with Gasteiger partial charge in [0, 0.05) is 29.7 Å². The van der Waals surface area contributed by atoms with E-state index in [9.17, 15) is 9.18 Å². The lowest BCUT2D eigenvalue weighted by Crippen LogP contribution is -2.12. The molecule has 3 rings (SSSR count). The van der Waals surface area contributed by atoms with Gasteiger partial charge in [0.15, 0.2) is 11.5 Å². The normalized spacial score (nSPS) is 10.2. The van der Waals surface area contributed by atoms with Crippen molar-refractivity contribution in [3.63, 3.8) is 0 Å². The first kappa shape index (κ1) is 19.9. The summed E-state index contributed by atoms with van der Waals surface area (Å²) >= 11 is 0. The van der Waals surface area contributed by atoms with E-state index in [1.807, 2.05) is 0 Å². The van der Waals surface area contributed by atoms with Crippen LogP contribution in [0.25, 0.3) is 0 Å². The first-order chi connectivity index (χ1) is 14.0. The van der Waals surface area contributed by atoms with Crippen molar-refractivity contribution in [1.82, 2.24) is 4.98 Å². The Morgan fingerprint density at radius 2 is 1.66 bits per heavy atom. The van der Waals surface area contributed by atoms with E-state index in [2.05, 4.69) is 15.6 Å². The second-order valence-electron chi connectivity index (χ2n) is 5.94. The van der Waals surface area contributed by atoms with Crippen molar-refractivity contribution in [3.8, 4) is 17.2 Å². The first-order valence-electron chi connectivity index (χ1n) is 8.64. The average molecular weight is 397 g/mol. The SMILES string of the molecule is COc1cc(NC(=O)c2ccc(Nc3cccc(F)c3)nc2)cc(OC)c1OC. The Morgan fingerprint density at radius 1 is 0.931 bits per heavy atom. The number of aromatic nitrogens is 1. The maximum atomic E-state index is 13.3. The van der Waals surface area contributed by atoms with Gasteiger partial charge in [0.2, 0.25) is 5.75 Å². The monoisotopic (exact) mass is 397 g/mol. The van der Waals surface area contributed by atoms with Crippen molar-refractivity contribution >= 4 is 23.1 Å². The van der Waals surface area contributed by atoms with Crippen molar-refractivity contribution in [3.05, 3.63) is 66.1 Å². The minimum Gasteiger partial charge on any atom is -0.493 e. The van der Waals surface area contributed by atoms with Crippen LogP contribution in [-0.2, 0) is 0 Å². The van der Waals surface area contributed by atoms with Gasteiger partial charge in [0.05, 0.1) is 26.9 Å². The molecule has 0 spiro atoms. The Kier molecular flexibility index (Phi) is 6.13. The molecule has 0 aliphatic carbocycles. The Balaban J connectivity index is 1.74. The standard InChI is InChI=1S/C21H20FN3O4/c1-27-17-10-16(11-18(28-2)20(17)29-3)25-21(26)13-7-8-19(23-12-13)24-15-6-4-5-14(22)9-15/h4-12H,1-3H3,(H,23,24)(H,25,26). The third-order valence-corrected chi connectivity index (χ3v) is 4.05. The maximum Gasteiger partial charge on any atom is 0.257 e. The molecule has 0 bridgehead atoms. The number of carbonyl (C=O) groups excluding carboxylic acids is 1. The molecular weight excluding hydrogens is 377 g/mol. The summed E-state index contributed by atoms with van der Waals surface area (Å²) in [6, 6.07) is 12.5. The van der Waals surface area contributed by atoms with E-state index in [1.165, 1.54) is 39.7 Å². The fraction of sp³-hybridized carbons (Fsp3) is 0.143. The number of hydrogen-bond donors (Lipinski definition) is 2. The highest BCUT2D eigenvalue weighted by Crippen LogP contribution is 2.40. The molecule has 29 heavy (non-hydrogen) atoms. The molecule has 1 amide bonds. The van der Waals surface area contributed by atoms with Gasteiger partial charge in [-0.15, -0.1) is 0 Å². The number of ether oxygens (including phenoxy) is 3. The topological polar surface area (TPSA) is 81.7 Å². The van der Waals surface area contributed by atoms with E-state index in [-0.39, 0.29) is 11.7 Å². The number of halogens is 1. The second kappa shape index (κ2) is 8.92. The first-order valence-corrected chi connectivity index (χ1v) is 8.64. The molecule has 0 saturated heterocycles. The summed E-state index contributed by atoms with van der Waals surface area (Å²) in [4.78, 5) is 16.7. The molecule has 0 saturated carbocycles. The molecule has 0 radical (unpaired) electrons. The van der Waals surface area contributed by atoms with Crippen LogP contribution in [0.3, 0.4) is 0 Å². The molecule has 0 fully saturated rings. The Hall–Kier alpha value is -3.81. The van der Waals surface area contributed by atoms with Gasteiger partial charge in [0.25, 0.3) is 5.91 Å². The van der Waals surface area contributed by atoms with Crippen LogP contribution in [-0.4, -0.2) is 32.2 Å². The van der Waals surface area contributed by atoms with Crippen molar-refractivity contribution in [1.29, 1.82) is 0 Å². The van der Waals surface area contributed by atoms with Crippen molar-refractivity contribution in [2.45, 2.75) is 0 Å². The fourth-order valence-electron chi connectivity index (χ4n) is 2.67. The number of methoxy groups -OCH3 is 3. The summed E-state index contributed by atoms with van der Waals surface area (Å²) in [6.07, 6.45) is 1.43. The van der Waals surface area contributed by atoms with E-state index in [1.54, 1.807) is 36.4 Å². The Labute approximate surface area is 167 Å². The number of hydrogen-bond acceptors (Lipinski definition) is 6. The fourth-order valence-corrected chi connectivity index (χ4v) is 2.67. The lowest BCUT2D eigenvalue weighted by molar-refractivity contribution is 0.102. The molecular formula is C21H20FN3O4. The summed E-state index contributed by atoms with van der Waals surface area (Å²) in [7, 11) is 4.50. The number of nitrogens with one attached hydrogen (secondary N) is 2. The highest BCUT2D eigenvalue weighted by molar-refractivity contribution is 6.04. The highest BCUT2D eigenvalue weighted by Gasteiger charge is 2.15. The van der Waals surface area contributed by atoms with Crippen LogP contribution in [0.15, 0.2) is 54.7 Å². The third kappa shape index (κ3) is 4.73. The lowest BCUT2D eigenvalue weighted by Gasteiger charge is -2.14. The minimum atomic E-state index is -0.357. The molecule has 0 aliphatic heterocycles. The number of carbonyl (C=O) groups is 1. The largest absolute Gasteiger partial charge is 0.493 e. The molecule has 0 atom stereocenters. The van der Waals surface area contributed by atoms with Gasteiger partial charge in [-0.05, 0) is 30.3 Å². The second-order valence-corrected chi connectivity index (χ2v) is 5.94. The summed E-state index contributed by atoms with van der Waals surface area (Å²) in [5, 5.41) is 5.74. The molecule has 2 aromatic carbocycles. The van der Waals surface area contributed by atoms with E-state index in [4.69, 9.17) is 14.2 Å². The number of nitrogens with zero attached hydrogens (tertiary/aromatic N) is 1. The third-order valence-electron chi connectivity index (χ3n) is 4.05. The number of amides is 1. The van der Waals surface area contributed by atoms with Gasteiger partial charge in [0.1, 0.15) is 11.6 Å². The Morgan fingerprint density at radius 3 is 2.21 bits per heavy atom. The zero-order valence-corrected chi connectivity index (χ0v) is 16.2.